The molecule has 0 aromatic heterocycles. The summed E-state index contributed by atoms with van der Waals surface area (Å²) in [6, 6.07) is 1.11. The minimum Gasteiger partial charge on any atom is -0.206 e. The number of halogens is 11. The van der Waals surface area contributed by atoms with Crippen LogP contribution in [0.3, 0.4) is 0 Å². The van der Waals surface area contributed by atoms with E-state index in [9.17, 15) is 48.3 Å². The van der Waals surface area contributed by atoms with Crippen molar-refractivity contribution in [1.29, 1.82) is 5.26 Å². The first-order chi connectivity index (χ1) is 11.7. The molecule has 0 radical (unpaired) electrons. The van der Waals surface area contributed by atoms with Gasteiger partial charge in [-0.2, -0.15) is 31.6 Å². The maximum atomic E-state index is 14.1. The normalized spacial score (nSPS) is 12.5. The van der Waals surface area contributed by atoms with E-state index in [-0.39, 0.29) is 0 Å². The van der Waals surface area contributed by atoms with Gasteiger partial charge in [-0.05, 0) is 0 Å². The number of alkyl halides is 6. The number of hydrogen-bond donors (Lipinski definition) is 0. The summed E-state index contributed by atoms with van der Waals surface area (Å²) in [6.45, 7) is 0. The topological polar surface area (TPSA) is 23.8 Å². The van der Waals surface area contributed by atoms with Crippen LogP contribution in [-0.2, 0) is 18.8 Å². The SMILES string of the molecule is N#CCc1c(F)c(F)c2c(C(F)(F)F)c(C(F)(F)F)c(F)c(F)c2c1F. The molecular formula is C14H2F11N. The van der Waals surface area contributed by atoms with Crippen molar-refractivity contribution in [3.8, 4) is 6.07 Å². The second-order valence-electron chi connectivity index (χ2n) is 4.88. The van der Waals surface area contributed by atoms with E-state index in [1.165, 1.54) is 0 Å². The minimum absolute atomic E-state index is 1.11. The maximum absolute atomic E-state index is 14.1. The van der Waals surface area contributed by atoms with Gasteiger partial charge in [-0.1, -0.05) is 0 Å². The number of fused-ring (bicyclic) bond motifs is 1. The lowest BCUT2D eigenvalue weighted by Gasteiger charge is -2.21. The summed E-state index contributed by atoms with van der Waals surface area (Å²) < 4.78 is 147. The number of rotatable bonds is 1. The average molecular weight is 393 g/mol. The predicted octanol–water partition coefficient (Wildman–Crippen LogP) is 5.64. The molecule has 0 spiro atoms. The van der Waals surface area contributed by atoms with E-state index in [0.717, 1.165) is 6.07 Å². The van der Waals surface area contributed by atoms with Gasteiger partial charge in [0.2, 0.25) is 0 Å². The summed E-state index contributed by atoms with van der Waals surface area (Å²) in [5.41, 5.74) is -7.91. The maximum Gasteiger partial charge on any atom is 0.419 e. The molecule has 0 aliphatic rings. The first-order valence-electron chi connectivity index (χ1n) is 6.26. The molecule has 0 saturated heterocycles. The van der Waals surface area contributed by atoms with Gasteiger partial charge < -0.3 is 0 Å². The van der Waals surface area contributed by atoms with Crippen LogP contribution >= 0.6 is 0 Å². The van der Waals surface area contributed by atoms with E-state index in [0.29, 0.717) is 0 Å². The Hall–Kier alpha value is -2.58. The van der Waals surface area contributed by atoms with E-state index >= 15 is 0 Å². The number of nitriles is 1. The second-order valence-corrected chi connectivity index (χ2v) is 4.88. The minimum atomic E-state index is -6.16. The Balaban J connectivity index is 3.30. The molecular weight excluding hydrogens is 391 g/mol. The zero-order valence-corrected chi connectivity index (χ0v) is 11.8. The van der Waals surface area contributed by atoms with Gasteiger partial charge in [0.25, 0.3) is 0 Å². The van der Waals surface area contributed by atoms with Crippen molar-refractivity contribution in [2.24, 2.45) is 0 Å². The Morgan fingerprint density at radius 3 is 1.50 bits per heavy atom. The molecule has 2 aromatic rings. The van der Waals surface area contributed by atoms with Crippen molar-refractivity contribution in [3.63, 3.8) is 0 Å². The Labute approximate surface area is 136 Å². The van der Waals surface area contributed by atoms with Crippen LogP contribution in [0.1, 0.15) is 16.7 Å². The molecule has 0 amide bonds. The molecule has 0 atom stereocenters. The number of benzene rings is 2. The highest BCUT2D eigenvalue weighted by Gasteiger charge is 2.49. The first kappa shape index (κ1) is 19.7. The fourth-order valence-corrected chi connectivity index (χ4v) is 2.39. The van der Waals surface area contributed by atoms with E-state index in [1.807, 2.05) is 0 Å². The smallest absolute Gasteiger partial charge is 0.206 e. The number of hydrogen-bond acceptors (Lipinski definition) is 1. The molecule has 2 rings (SSSR count). The molecule has 0 aliphatic heterocycles. The summed E-state index contributed by atoms with van der Waals surface area (Å²) in [5, 5.41) is 3.76. The van der Waals surface area contributed by atoms with Gasteiger partial charge in [0, 0.05) is 10.9 Å². The van der Waals surface area contributed by atoms with Gasteiger partial charge in [0.05, 0.1) is 23.4 Å². The summed E-state index contributed by atoms with van der Waals surface area (Å²) in [7, 11) is 0. The fourth-order valence-electron chi connectivity index (χ4n) is 2.39. The lowest BCUT2D eigenvalue weighted by atomic mass is 9.93. The Bertz CT molecular complexity index is 947. The molecule has 12 heteroatoms. The standard InChI is InChI=1S/C14H2F11N/c15-8-3(1-2-26)9(16)10(17)4-5(8)11(18)12(19)7(14(23,24)25)6(4)13(20,21)22/h1H2. The lowest BCUT2D eigenvalue weighted by Crippen LogP contribution is -2.22. The van der Waals surface area contributed by atoms with Gasteiger partial charge in [0.15, 0.2) is 23.3 Å². The molecule has 0 fully saturated rings. The second kappa shape index (κ2) is 6.00. The van der Waals surface area contributed by atoms with Crippen LogP contribution in [0.2, 0.25) is 0 Å². The largest absolute Gasteiger partial charge is 0.419 e. The summed E-state index contributed by atoms with van der Waals surface area (Å²) >= 11 is 0. The quantitative estimate of drug-likeness (QED) is 0.455. The Morgan fingerprint density at radius 2 is 1.08 bits per heavy atom. The van der Waals surface area contributed by atoms with Crippen LogP contribution in [0.15, 0.2) is 0 Å². The molecule has 0 heterocycles. The van der Waals surface area contributed by atoms with Gasteiger partial charge in [0.1, 0.15) is 11.4 Å². The van der Waals surface area contributed by atoms with Crippen LogP contribution in [0, 0.1) is 40.4 Å². The van der Waals surface area contributed by atoms with Crippen molar-refractivity contribution in [1.82, 2.24) is 0 Å². The van der Waals surface area contributed by atoms with E-state index in [1.54, 1.807) is 0 Å². The first-order valence-corrected chi connectivity index (χ1v) is 6.26. The lowest BCUT2D eigenvalue weighted by molar-refractivity contribution is -0.163. The molecule has 2 aromatic carbocycles. The van der Waals surface area contributed by atoms with Crippen LogP contribution in [0.5, 0.6) is 0 Å². The molecule has 0 bridgehead atoms. The van der Waals surface area contributed by atoms with Crippen LogP contribution in [0.25, 0.3) is 10.8 Å². The van der Waals surface area contributed by atoms with Crippen LogP contribution in [0.4, 0.5) is 48.3 Å². The molecule has 1 nitrogen and oxygen atoms in total. The van der Waals surface area contributed by atoms with Crippen molar-refractivity contribution in [3.05, 3.63) is 45.8 Å². The van der Waals surface area contributed by atoms with Crippen molar-refractivity contribution >= 4 is 10.8 Å². The fraction of sp³-hybridized carbons (Fsp3) is 0.214. The summed E-state index contributed by atoms with van der Waals surface area (Å²) in [6.07, 6.45) is -13.6. The Kier molecular flexibility index (Phi) is 4.55. The number of nitrogens with zero attached hydrogens (tertiary/aromatic N) is 1. The van der Waals surface area contributed by atoms with Crippen LogP contribution < -0.4 is 0 Å². The summed E-state index contributed by atoms with van der Waals surface area (Å²) in [4.78, 5) is 0. The average Bonchev–Trinajstić information content (AvgIpc) is 2.49. The Morgan fingerprint density at radius 1 is 0.615 bits per heavy atom. The summed E-state index contributed by atoms with van der Waals surface area (Å²) in [5.74, 6) is -13.3. The van der Waals surface area contributed by atoms with E-state index in [2.05, 4.69) is 0 Å². The van der Waals surface area contributed by atoms with Gasteiger partial charge >= 0.3 is 12.4 Å². The highest BCUT2D eigenvalue weighted by molar-refractivity contribution is 5.90. The highest BCUT2D eigenvalue weighted by atomic mass is 19.4. The molecule has 0 unspecified atom stereocenters. The van der Waals surface area contributed by atoms with Crippen LogP contribution in [-0.4, -0.2) is 0 Å². The molecule has 26 heavy (non-hydrogen) atoms. The third-order valence-corrected chi connectivity index (χ3v) is 3.37. The third-order valence-electron chi connectivity index (χ3n) is 3.37. The predicted molar refractivity (Wildman–Crippen MR) is 63.1 cm³/mol. The molecule has 0 saturated carbocycles. The third kappa shape index (κ3) is 2.81. The zero-order valence-electron chi connectivity index (χ0n) is 11.8. The molecule has 0 N–H and O–H groups in total. The molecule has 140 valence electrons. The van der Waals surface area contributed by atoms with Gasteiger partial charge in [-0.25, -0.2) is 22.0 Å². The van der Waals surface area contributed by atoms with Gasteiger partial charge in [-0.15, -0.1) is 0 Å². The zero-order chi connectivity index (χ0) is 20.2. The van der Waals surface area contributed by atoms with E-state index in [4.69, 9.17) is 5.26 Å². The van der Waals surface area contributed by atoms with Crippen molar-refractivity contribution in [2.75, 3.05) is 0 Å². The molecule has 0 aliphatic carbocycles. The van der Waals surface area contributed by atoms with Crippen molar-refractivity contribution in [2.45, 2.75) is 18.8 Å². The highest BCUT2D eigenvalue weighted by Crippen LogP contribution is 2.48. The van der Waals surface area contributed by atoms with Gasteiger partial charge in [-0.3, -0.25) is 0 Å². The van der Waals surface area contributed by atoms with E-state index < -0.39 is 75.3 Å². The monoisotopic (exact) mass is 393 g/mol. The van der Waals surface area contributed by atoms with Crippen molar-refractivity contribution < 1.29 is 48.3 Å².